The van der Waals surface area contributed by atoms with Gasteiger partial charge in [0.05, 0.1) is 17.9 Å². The van der Waals surface area contributed by atoms with Crippen LogP contribution in [-0.2, 0) is 25.7 Å². The average Bonchev–Trinajstić information content (AvgIpc) is 3.52. The van der Waals surface area contributed by atoms with Crippen molar-refractivity contribution in [1.29, 1.82) is 0 Å². The molecule has 3 heterocycles. The van der Waals surface area contributed by atoms with E-state index in [1.165, 1.54) is 6.42 Å². The first-order valence-corrected chi connectivity index (χ1v) is 13.9. The van der Waals surface area contributed by atoms with Crippen LogP contribution >= 0.6 is 23.2 Å². The van der Waals surface area contributed by atoms with Gasteiger partial charge in [0.15, 0.2) is 0 Å². The number of hydrogen-bond acceptors (Lipinski definition) is 4. The smallest absolute Gasteiger partial charge is 0.246 e. The summed E-state index contributed by atoms with van der Waals surface area (Å²) in [7, 11) is 0. The van der Waals surface area contributed by atoms with Crippen LogP contribution in [0.25, 0.3) is 0 Å². The maximum atomic E-state index is 14.1. The van der Waals surface area contributed by atoms with Crippen LogP contribution in [0.1, 0.15) is 37.7 Å². The van der Waals surface area contributed by atoms with Crippen LogP contribution in [0.2, 0.25) is 10.0 Å². The first-order valence-electron chi connectivity index (χ1n) is 13.1. The molecular formula is C29H29Cl2N3O4. The quantitative estimate of drug-likeness (QED) is 0.506. The Morgan fingerprint density at radius 1 is 1.00 bits per heavy atom. The average molecular weight is 554 g/mol. The Morgan fingerprint density at radius 3 is 2.42 bits per heavy atom. The number of ether oxygens (including phenoxy) is 1. The molecule has 0 aromatic heterocycles. The van der Waals surface area contributed by atoms with Gasteiger partial charge in [-0.1, -0.05) is 84.9 Å². The maximum Gasteiger partial charge on any atom is 0.246 e. The van der Waals surface area contributed by atoms with Crippen LogP contribution in [0.5, 0.6) is 0 Å². The van der Waals surface area contributed by atoms with E-state index in [2.05, 4.69) is 10.6 Å². The third-order valence-corrected chi connectivity index (χ3v) is 8.64. The molecule has 9 heteroatoms. The van der Waals surface area contributed by atoms with Gasteiger partial charge in [0.25, 0.3) is 0 Å². The van der Waals surface area contributed by atoms with Crippen LogP contribution in [0.15, 0.2) is 60.7 Å². The summed E-state index contributed by atoms with van der Waals surface area (Å²) in [6, 6.07) is 13.6. The Morgan fingerprint density at radius 2 is 1.71 bits per heavy atom. The number of carbonyl (C=O) groups excluding carboxylic acids is 3. The summed E-state index contributed by atoms with van der Waals surface area (Å²) in [6.45, 7) is 0.251. The van der Waals surface area contributed by atoms with Crippen molar-refractivity contribution in [3.05, 3.63) is 76.3 Å². The summed E-state index contributed by atoms with van der Waals surface area (Å²) in [5.41, 5.74) is 0.135. The molecular weight excluding hydrogens is 525 g/mol. The number of halogens is 2. The minimum absolute atomic E-state index is 0.0784. The number of likely N-dealkylation sites (tertiary alicyclic amines) is 1. The predicted molar refractivity (Wildman–Crippen MR) is 145 cm³/mol. The molecule has 2 bridgehead atoms. The van der Waals surface area contributed by atoms with E-state index >= 15 is 0 Å². The zero-order valence-electron chi connectivity index (χ0n) is 20.7. The molecule has 2 saturated heterocycles. The first kappa shape index (κ1) is 25.4. The van der Waals surface area contributed by atoms with Gasteiger partial charge in [-0.05, 0) is 36.6 Å². The molecule has 2 N–H and O–H groups in total. The highest BCUT2D eigenvalue weighted by Gasteiger charge is 2.72. The number of fused-ring (bicyclic) bond motifs is 1. The van der Waals surface area contributed by atoms with Gasteiger partial charge < -0.3 is 20.3 Å². The number of amides is 3. The lowest BCUT2D eigenvalue weighted by Crippen LogP contribution is -2.56. The molecule has 7 nitrogen and oxygen atoms in total. The second-order valence-corrected chi connectivity index (χ2v) is 11.5. The van der Waals surface area contributed by atoms with Gasteiger partial charge in [-0.2, -0.15) is 0 Å². The molecule has 5 atom stereocenters. The Balaban J connectivity index is 1.32. The van der Waals surface area contributed by atoms with E-state index in [-0.39, 0.29) is 30.3 Å². The van der Waals surface area contributed by atoms with Gasteiger partial charge in [-0.3, -0.25) is 14.4 Å². The maximum absolute atomic E-state index is 14.1. The minimum atomic E-state index is -1.21. The predicted octanol–water partition coefficient (Wildman–Crippen LogP) is 4.73. The standard InChI is InChI=1S/C29H29Cl2N3O4/c30-18-13-19(31)15-21(14-18)33-26(35)23-22-11-12-29(38-22)24(23)28(37)34(16-17-7-3-1-4-8-17)25(29)27(36)32-20-9-5-2-6-10-20/h1,3-4,7-8,11-15,20,22-25H,2,5-6,9-10,16H2,(H,32,36)(H,33,35)/t22-,23?,24-,25?,29?/m0/s1. The molecule has 2 aromatic rings. The second-order valence-electron chi connectivity index (χ2n) is 10.6. The van der Waals surface area contributed by atoms with Gasteiger partial charge in [0.2, 0.25) is 17.7 Å². The SMILES string of the molecule is O=C(Nc1cc(Cl)cc(Cl)c1)C1[C@@H]2C=CC3(O2)C(C(=O)NC2CCCCC2)N(Cc2ccccc2)C(=O)[C@H]13. The summed E-state index contributed by atoms with van der Waals surface area (Å²) in [6.07, 6.45) is 8.20. The van der Waals surface area contributed by atoms with E-state index in [0.29, 0.717) is 15.7 Å². The van der Waals surface area contributed by atoms with Gasteiger partial charge >= 0.3 is 0 Å². The van der Waals surface area contributed by atoms with Crippen molar-refractivity contribution in [2.24, 2.45) is 11.8 Å². The fourth-order valence-electron chi connectivity index (χ4n) is 6.60. The fourth-order valence-corrected chi connectivity index (χ4v) is 7.12. The van der Waals surface area contributed by atoms with Crippen molar-refractivity contribution < 1.29 is 19.1 Å². The lowest BCUT2D eigenvalue weighted by atomic mass is 9.74. The van der Waals surface area contributed by atoms with Crippen LogP contribution < -0.4 is 10.6 Å². The Labute approximate surface area is 231 Å². The molecule has 6 rings (SSSR count). The van der Waals surface area contributed by atoms with E-state index in [0.717, 1.165) is 31.2 Å². The van der Waals surface area contributed by atoms with E-state index in [1.54, 1.807) is 23.1 Å². The summed E-state index contributed by atoms with van der Waals surface area (Å²) >= 11 is 12.2. The molecule has 3 unspecified atom stereocenters. The molecule has 0 radical (unpaired) electrons. The van der Waals surface area contributed by atoms with Crippen molar-refractivity contribution in [3.8, 4) is 0 Å². The van der Waals surface area contributed by atoms with Crippen molar-refractivity contribution in [1.82, 2.24) is 10.2 Å². The summed E-state index contributed by atoms with van der Waals surface area (Å²) in [4.78, 5) is 43.1. The van der Waals surface area contributed by atoms with Crippen LogP contribution in [-0.4, -0.2) is 46.4 Å². The number of hydrogen-bond donors (Lipinski definition) is 2. The Bertz CT molecular complexity index is 1280. The topological polar surface area (TPSA) is 87.7 Å². The van der Waals surface area contributed by atoms with E-state index in [9.17, 15) is 14.4 Å². The van der Waals surface area contributed by atoms with E-state index in [4.69, 9.17) is 27.9 Å². The van der Waals surface area contributed by atoms with Crippen molar-refractivity contribution in [3.63, 3.8) is 0 Å². The molecule has 3 aliphatic heterocycles. The monoisotopic (exact) mass is 553 g/mol. The van der Waals surface area contributed by atoms with Crippen molar-refractivity contribution in [2.75, 3.05) is 5.32 Å². The zero-order valence-corrected chi connectivity index (χ0v) is 22.3. The molecule has 3 fully saturated rings. The molecule has 38 heavy (non-hydrogen) atoms. The highest BCUT2D eigenvalue weighted by atomic mass is 35.5. The lowest BCUT2D eigenvalue weighted by Gasteiger charge is -2.34. The molecule has 2 aromatic carbocycles. The zero-order chi connectivity index (χ0) is 26.4. The van der Waals surface area contributed by atoms with Gasteiger partial charge in [-0.25, -0.2) is 0 Å². The number of benzene rings is 2. The summed E-state index contributed by atoms with van der Waals surface area (Å²) < 4.78 is 6.42. The number of rotatable bonds is 6. The van der Waals surface area contributed by atoms with Crippen LogP contribution in [0.4, 0.5) is 5.69 Å². The summed E-state index contributed by atoms with van der Waals surface area (Å²) in [5.74, 6) is -2.47. The molecule has 198 valence electrons. The molecule has 1 spiro atoms. The van der Waals surface area contributed by atoms with Gasteiger partial charge in [0, 0.05) is 28.3 Å². The number of carbonyl (C=O) groups is 3. The molecule has 1 saturated carbocycles. The number of nitrogens with one attached hydrogen (secondary N) is 2. The number of nitrogens with zero attached hydrogens (tertiary/aromatic N) is 1. The number of anilines is 1. The largest absolute Gasteiger partial charge is 0.359 e. The third kappa shape index (κ3) is 4.40. The second kappa shape index (κ2) is 10.0. The molecule has 4 aliphatic rings. The lowest BCUT2D eigenvalue weighted by molar-refractivity contribution is -0.142. The van der Waals surface area contributed by atoms with Crippen molar-refractivity contribution >= 4 is 46.6 Å². The van der Waals surface area contributed by atoms with E-state index in [1.807, 2.05) is 42.5 Å². The molecule has 3 amide bonds. The first-order chi connectivity index (χ1) is 18.4. The highest BCUT2D eigenvalue weighted by molar-refractivity contribution is 6.35. The van der Waals surface area contributed by atoms with E-state index < -0.39 is 29.6 Å². The third-order valence-electron chi connectivity index (χ3n) is 8.20. The van der Waals surface area contributed by atoms with Gasteiger partial charge in [-0.15, -0.1) is 0 Å². The molecule has 1 aliphatic carbocycles. The Hall–Kier alpha value is -2.87. The van der Waals surface area contributed by atoms with Crippen molar-refractivity contribution in [2.45, 2.75) is 62.4 Å². The van der Waals surface area contributed by atoms with Crippen LogP contribution in [0.3, 0.4) is 0 Å². The van der Waals surface area contributed by atoms with Gasteiger partial charge in [0.1, 0.15) is 11.6 Å². The summed E-state index contributed by atoms with van der Waals surface area (Å²) in [5, 5.41) is 6.84. The fraction of sp³-hybridized carbons (Fsp3) is 0.414. The van der Waals surface area contributed by atoms with Crippen LogP contribution in [0, 0.1) is 11.8 Å². The normalized spacial score (nSPS) is 29.9. The highest BCUT2D eigenvalue weighted by Crippen LogP contribution is 2.55. The minimum Gasteiger partial charge on any atom is -0.359 e. The Kier molecular flexibility index (Phi) is 6.70.